The van der Waals surface area contributed by atoms with Crippen LogP contribution in [-0.4, -0.2) is 11.8 Å². The molecule has 0 aromatic heterocycles. The molecule has 4 nitrogen and oxygen atoms in total. The summed E-state index contributed by atoms with van der Waals surface area (Å²) in [5, 5.41) is 3.62. The summed E-state index contributed by atoms with van der Waals surface area (Å²) in [6.07, 6.45) is -4.70. The molecule has 4 rings (SSSR count). The Bertz CT molecular complexity index is 1380. The van der Waals surface area contributed by atoms with Gasteiger partial charge in [-0.25, -0.2) is 4.90 Å². The lowest BCUT2D eigenvalue weighted by molar-refractivity contribution is -0.137. The molecule has 0 aliphatic carbocycles. The molecule has 180 valence electrons. The van der Waals surface area contributed by atoms with Gasteiger partial charge in [-0.2, -0.15) is 13.2 Å². The standard InChI is InChI=1S/C24H14Cl3F3N2O2S/c1-12-2-6-15(11-18(12)27)31-20-21(35-16-7-4-14(25)5-8-16)23(34)32(22(20)33)19-10-13(24(28,29)30)3-9-17(19)26/h2-11,31H,1H3. The molecule has 0 radical (unpaired) electrons. The van der Waals surface area contributed by atoms with Crippen LogP contribution in [0.4, 0.5) is 24.5 Å². The van der Waals surface area contributed by atoms with Gasteiger partial charge in [0.05, 0.1) is 16.3 Å². The summed E-state index contributed by atoms with van der Waals surface area (Å²) < 4.78 is 40.0. The molecule has 0 unspecified atom stereocenters. The third-order valence-electron chi connectivity index (χ3n) is 5.03. The minimum absolute atomic E-state index is 0.0255. The first-order valence-electron chi connectivity index (χ1n) is 9.92. The van der Waals surface area contributed by atoms with Gasteiger partial charge in [0.1, 0.15) is 10.6 Å². The molecule has 1 aliphatic rings. The Morgan fingerprint density at radius 2 is 1.54 bits per heavy atom. The molecule has 0 saturated heterocycles. The molecule has 0 fully saturated rings. The third-order valence-corrected chi connectivity index (χ3v) is 7.10. The topological polar surface area (TPSA) is 49.4 Å². The average Bonchev–Trinajstić information content (AvgIpc) is 3.01. The first kappa shape index (κ1) is 25.4. The fourth-order valence-electron chi connectivity index (χ4n) is 3.23. The van der Waals surface area contributed by atoms with Crippen molar-refractivity contribution in [3.8, 4) is 0 Å². The van der Waals surface area contributed by atoms with Crippen LogP contribution in [0.15, 0.2) is 76.2 Å². The Morgan fingerprint density at radius 1 is 0.857 bits per heavy atom. The number of benzene rings is 3. The molecule has 3 aromatic carbocycles. The van der Waals surface area contributed by atoms with E-state index in [9.17, 15) is 22.8 Å². The molecule has 0 atom stereocenters. The number of thioether (sulfide) groups is 1. The first-order valence-corrected chi connectivity index (χ1v) is 11.9. The molecule has 1 N–H and O–H groups in total. The van der Waals surface area contributed by atoms with Crippen LogP contribution in [0.1, 0.15) is 11.1 Å². The van der Waals surface area contributed by atoms with Crippen LogP contribution in [0.25, 0.3) is 0 Å². The van der Waals surface area contributed by atoms with Crippen molar-refractivity contribution in [1.29, 1.82) is 0 Å². The molecule has 0 bridgehead atoms. The Labute approximate surface area is 217 Å². The van der Waals surface area contributed by atoms with Crippen LogP contribution in [0.2, 0.25) is 15.1 Å². The normalized spacial score (nSPS) is 14.2. The Hall–Kier alpha value is -2.65. The van der Waals surface area contributed by atoms with Gasteiger partial charge in [0.15, 0.2) is 0 Å². The molecule has 35 heavy (non-hydrogen) atoms. The van der Waals surface area contributed by atoms with E-state index in [-0.39, 0.29) is 21.3 Å². The predicted octanol–water partition coefficient (Wildman–Crippen LogP) is 7.96. The largest absolute Gasteiger partial charge is 0.416 e. The number of rotatable bonds is 5. The highest BCUT2D eigenvalue weighted by Gasteiger charge is 2.42. The first-order chi connectivity index (χ1) is 16.5. The monoisotopic (exact) mass is 556 g/mol. The summed E-state index contributed by atoms with van der Waals surface area (Å²) >= 11 is 19.2. The average molecular weight is 558 g/mol. The molecule has 0 spiro atoms. The summed E-state index contributed by atoms with van der Waals surface area (Å²) in [4.78, 5) is 28.0. The van der Waals surface area contributed by atoms with Gasteiger partial charge in [-0.1, -0.05) is 52.6 Å². The number of amides is 2. The number of imide groups is 1. The van der Waals surface area contributed by atoms with Crippen molar-refractivity contribution in [3.05, 3.63) is 97.5 Å². The van der Waals surface area contributed by atoms with Crippen molar-refractivity contribution < 1.29 is 22.8 Å². The molecule has 11 heteroatoms. The van der Waals surface area contributed by atoms with Gasteiger partial charge < -0.3 is 5.32 Å². The fraction of sp³-hybridized carbons (Fsp3) is 0.0833. The van der Waals surface area contributed by atoms with E-state index in [0.717, 1.165) is 29.5 Å². The van der Waals surface area contributed by atoms with E-state index in [1.807, 2.05) is 0 Å². The molecular formula is C24H14Cl3F3N2O2S. The number of nitrogens with zero attached hydrogens (tertiary/aromatic N) is 1. The molecule has 0 saturated carbocycles. The van der Waals surface area contributed by atoms with Crippen molar-refractivity contribution in [2.75, 3.05) is 10.2 Å². The van der Waals surface area contributed by atoms with Crippen molar-refractivity contribution in [3.63, 3.8) is 0 Å². The van der Waals surface area contributed by atoms with E-state index >= 15 is 0 Å². The second-order valence-corrected chi connectivity index (χ2v) is 9.79. The quantitative estimate of drug-likeness (QED) is 0.323. The molecule has 3 aromatic rings. The Morgan fingerprint density at radius 3 is 2.17 bits per heavy atom. The molecule has 1 heterocycles. The lowest BCUT2D eigenvalue weighted by Crippen LogP contribution is -2.33. The van der Waals surface area contributed by atoms with Gasteiger partial charge in [-0.15, -0.1) is 0 Å². The maximum atomic E-state index is 13.4. The molecule has 2 amide bonds. The fourth-order valence-corrected chi connectivity index (χ4v) is 4.66. The SMILES string of the molecule is Cc1ccc(NC2=C(Sc3ccc(Cl)cc3)C(=O)N(c3cc(C(F)(F)F)ccc3Cl)C2=O)cc1Cl. The number of hydrogen-bond donors (Lipinski definition) is 1. The highest BCUT2D eigenvalue weighted by Crippen LogP contribution is 2.42. The van der Waals surface area contributed by atoms with Gasteiger partial charge in [0.25, 0.3) is 11.8 Å². The van der Waals surface area contributed by atoms with Crippen LogP contribution in [0.3, 0.4) is 0 Å². The van der Waals surface area contributed by atoms with E-state index in [1.165, 1.54) is 0 Å². The molecular weight excluding hydrogens is 544 g/mol. The van der Waals surface area contributed by atoms with Gasteiger partial charge in [0.2, 0.25) is 0 Å². The number of hydrogen-bond acceptors (Lipinski definition) is 4. The minimum atomic E-state index is -4.70. The number of carbonyl (C=O) groups excluding carboxylic acids is 2. The molecule has 1 aliphatic heterocycles. The Balaban J connectivity index is 1.79. The second-order valence-electron chi connectivity index (χ2n) is 7.46. The zero-order valence-corrected chi connectivity index (χ0v) is 20.8. The van der Waals surface area contributed by atoms with Gasteiger partial charge >= 0.3 is 6.18 Å². The number of alkyl halides is 3. The van der Waals surface area contributed by atoms with Crippen LogP contribution in [-0.2, 0) is 15.8 Å². The Kier molecular flexibility index (Phi) is 7.11. The van der Waals surface area contributed by atoms with E-state index in [2.05, 4.69) is 5.32 Å². The summed E-state index contributed by atoms with van der Waals surface area (Å²) in [5.74, 6) is -1.68. The lowest BCUT2D eigenvalue weighted by Gasteiger charge is -2.18. The van der Waals surface area contributed by atoms with Gasteiger partial charge in [0, 0.05) is 20.6 Å². The lowest BCUT2D eigenvalue weighted by atomic mass is 10.2. The van der Waals surface area contributed by atoms with Crippen molar-refractivity contribution in [2.45, 2.75) is 18.0 Å². The van der Waals surface area contributed by atoms with E-state index < -0.39 is 23.6 Å². The van der Waals surface area contributed by atoms with E-state index in [4.69, 9.17) is 34.8 Å². The van der Waals surface area contributed by atoms with E-state index in [0.29, 0.717) is 31.6 Å². The predicted molar refractivity (Wildman–Crippen MR) is 133 cm³/mol. The summed E-state index contributed by atoms with van der Waals surface area (Å²) in [6, 6.07) is 13.9. The van der Waals surface area contributed by atoms with Crippen LogP contribution >= 0.6 is 46.6 Å². The summed E-state index contributed by atoms with van der Waals surface area (Å²) in [6.45, 7) is 1.80. The maximum absolute atomic E-state index is 13.4. The smallest absolute Gasteiger partial charge is 0.350 e. The third kappa shape index (κ3) is 5.30. The van der Waals surface area contributed by atoms with Gasteiger partial charge in [-0.3, -0.25) is 9.59 Å². The van der Waals surface area contributed by atoms with Crippen molar-refractivity contribution >= 4 is 69.8 Å². The number of anilines is 2. The van der Waals surface area contributed by atoms with E-state index in [1.54, 1.807) is 49.4 Å². The van der Waals surface area contributed by atoms with Crippen LogP contribution < -0.4 is 10.2 Å². The zero-order chi connectivity index (χ0) is 25.5. The minimum Gasteiger partial charge on any atom is -0.350 e. The summed E-state index contributed by atoms with van der Waals surface area (Å²) in [7, 11) is 0. The van der Waals surface area contributed by atoms with Crippen LogP contribution in [0.5, 0.6) is 0 Å². The number of carbonyl (C=O) groups is 2. The maximum Gasteiger partial charge on any atom is 0.416 e. The summed E-state index contributed by atoms with van der Waals surface area (Å²) in [5.41, 5.74) is -0.319. The number of aryl methyl sites for hydroxylation is 1. The highest BCUT2D eigenvalue weighted by atomic mass is 35.5. The van der Waals surface area contributed by atoms with Crippen molar-refractivity contribution in [2.24, 2.45) is 0 Å². The van der Waals surface area contributed by atoms with Gasteiger partial charge in [-0.05, 0) is 67.1 Å². The number of nitrogens with one attached hydrogen (secondary N) is 1. The highest BCUT2D eigenvalue weighted by molar-refractivity contribution is 8.04. The zero-order valence-electron chi connectivity index (χ0n) is 17.7. The van der Waals surface area contributed by atoms with Crippen molar-refractivity contribution in [1.82, 2.24) is 0 Å². The second kappa shape index (κ2) is 9.78. The van der Waals surface area contributed by atoms with Crippen LogP contribution in [0, 0.1) is 6.92 Å². The number of halogens is 6.